The molecule has 0 spiro atoms. The quantitative estimate of drug-likeness (QED) is 0.601. The second kappa shape index (κ2) is 4.39. The lowest BCUT2D eigenvalue weighted by atomic mass is 10.2. The molecule has 0 aromatic carbocycles. The Balaban J connectivity index is 2.43. The third kappa shape index (κ3) is 2.22. The van der Waals surface area contributed by atoms with Crippen molar-refractivity contribution in [3.05, 3.63) is 11.8 Å². The number of ether oxygens (including phenoxy) is 1. The molecular formula is C9H17NO. The molecule has 64 valence electrons. The highest BCUT2D eigenvalue weighted by Gasteiger charge is 2.10. The molecule has 0 saturated carbocycles. The normalized spacial score (nSPS) is 20.5. The maximum absolute atomic E-state index is 5.27. The van der Waals surface area contributed by atoms with Crippen LogP contribution in [0.3, 0.4) is 0 Å². The molecule has 1 rings (SSSR count). The van der Waals surface area contributed by atoms with Gasteiger partial charge in [-0.2, -0.15) is 0 Å². The smallest absolute Gasteiger partial charge is 0.0642 e. The lowest BCUT2D eigenvalue weighted by Crippen LogP contribution is -2.35. The van der Waals surface area contributed by atoms with E-state index in [4.69, 9.17) is 4.74 Å². The first-order chi connectivity index (χ1) is 5.38. The molecule has 1 aliphatic heterocycles. The fourth-order valence-corrected chi connectivity index (χ4v) is 1.46. The molecule has 0 unspecified atom stereocenters. The van der Waals surface area contributed by atoms with Gasteiger partial charge in [0.15, 0.2) is 0 Å². The van der Waals surface area contributed by atoms with E-state index in [-0.39, 0.29) is 0 Å². The Labute approximate surface area is 68.8 Å². The second-order valence-corrected chi connectivity index (χ2v) is 2.73. The summed E-state index contributed by atoms with van der Waals surface area (Å²) < 4.78 is 5.27. The Bertz CT molecular complexity index is 136. The summed E-state index contributed by atoms with van der Waals surface area (Å²) in [7, 11) is 0. The molecule has 0 aliphatic carbocycles. The Morgan fingerprint density at radius 2 is 2.09 bits per heavy atom. The molecule has 1 fully saturated rings. The monoisotopic (exact) mass is 155 g/mol. The number of rotatable bonds is 2. The van der Waals surface area contributed by atoms with Crippen molar-refractivity contribution in [3.8, 4) is 0 Å². The summed E-state index contributed by atoms with van der Waals surface area (Å²) in [5, 5.41) is 0. The van der Waals surface area contributed by atoms with Crippen LogP contribution in [0, 0.1) is 0 Å². The van der Waals surface area contributed by atoms with Gasteiger partial charge in [-0.3, -0.25) is 0 Å². The summed E-state index contributed by atoms with van der Waals surface area (Å²) in [6.07, 6.45) is 3.34. The summed E-state index contributed by atoms with van der Waals surface area (Å²) in [4.78, 5) is 2.41. The van der Waals surface area contributed by atoms with Crippen LogP contribution in [0.4, 0.5) is 0 Å². The van der Waals surface area contributed by atoms with E-state index >= 15 is 0 Å². The van der Waals surface area contributed by atoms with Gasteiger partial charge in [-0.15, -0.1) is 0 Å². The molecule has 0 N–H and O–H groups in total. The standard InChI is InChI=1S/C9H17NO/c1-3-9(4-2)10-5-7-11-8-6-10/h3H,4-8H2,1-2H3/b9-3-. The first-order valence-corrected chi connectivity index (χ1v) is 4.36. The van der Waals surface area contributed by atoms with E-state index in [2.05, 4.69) is 24.8 Å². The van der Waals surface area contributed by atoms with Crippen molar-refractivity contribution in [3.63, 3.8) is 0 Å². The number of morpholine rings is 1. The van der Waals surface area contributed by atoms with Gasteiger partial charge < -0.3 is 9.64 Å². The lowest BCUT2D eigenvalue weighted by molar-refractivity contribution is 0.0523. The van der Waals surface area contributed by atoms with Crippen molar-refractivity contribution in [1.29, 1.82) is 0 Å². The van der Waals surface area contributed by atoms with Crippen LogP contribution >= 0.6 is 0 Å². The van der Waals surface area contributed by atoms with Crippen LogP contribution in [0.1, 0.15) is 20.3 Å². The maximum Gasteiger partial charge on any atom is 0.0642 e. The number of hydrogen-bond acceptors (Lipinski definition) is 2. The predicted octanol–water partition coefficient (Wildman–Crippen LogP) is 1.63. The van der Waals surface area contributed by atoms with Gasteiger partial charge >= 0.3 is 0 Å². The van der Waals surface area contributed by atoms with E-state index in [0.717, 1.165) is 32.7 Å². The van der Waals surface area contributed by atoms with E-state index in [1.807, 2.05) is 0 Å². The zero-order valence-corrected chi connectivity index (χ0v) is 7.47. The first kappa shape index (κ1) is 8.60. The third-order valence-electron chi connectivity index (χ3n) is 2.11. The van der Waals surface area contributed by atoms with Gasteiger partial charge in [0.1, 0.15) is 0 Å². The minimum atomic E-state index is 0.886. The van der Waals surface area contributed by atoms with E-state index in [1.165, 1.54) is 5.70 Å². The highest BCUT2D eigenvalue weighted by Crippen LogP contribution is 2.10. The first-order valence-electron chi connectivity index (χ1n) is 4.36. The van der Waals surface area contributed by atoms with Crippen molar-refractivity contribution in [1.82, 2.24) is 4.90 Å². The lowest BCUT2D eigenvalue weighted by Gasteiger charge is -2.30. The van der Waals surface area contributed by atoms with Crippen LogP contribution < -0.4 is 0 Å². The summed E-state index contributed by atoms with van der Waals surface area (Å²) in [6, 6.07) is 0. The van der Waals surface area contributed by atoms with Gasteiger partial charge in [-0.05, 0) is 13.3 Å². The fourth-order valence-electron chi connectivity index (χ4n) is 1.46. The molecule has 0 radical (unpaired) electrons. The van der Waals surface area contributed by atoms with E-state index in [0.29, 0.717) is 0 Å². The summed E-state index contributed by atoms with van der Waals surface area (Å²) in [6.45, 7) is 8.20. The largest absolute Gasteiger partial charge is 0.378 e. The highest BCUT2D eigenvalue weighted by molar-refractivity contribution is 4.99. The minimum absolute atomic E-state index is 0.886. The Morgan fingerprint density at radius 1 is 1.45 bits per heavy atom. The van der Waals surface area contributed by atoms with Gasteiger partial charge in [0.25, 0.3) is 0 Å². The Kier molecular flexibility index (Phi) is 3.43. The zero-order valence-electron chi connectivity index (χ0n) is 7.47. The van der Waals surface area contributed by atoms with Gasteiger partial charge in [0, 0.05) is 18.8 Å². The average Bonchev–Trinajstić information content (AvgIpc) is 2.09. The average molecular weight is 155 g/mol. The SMILES string of the molecule is C/C=C(/CC)N1CCOCC1. The Hall–Kier alpha value is -0.500. The van der Waals surface area contributed by atoms with Crippen molar-refractivity contribution >= 4 is 0 Å². The van der Waals surface area contributed by atoms with Crippen LogP contribution in [0.5, 0.6) is 0 Å². The molecule has 0 amide bonds. The molecule has 0 aromatic rings. The maximum atomic E-state index is 5.27. The van der Waals surface area contributed by atoms with E-state index in [9.17, 15) is 0 Å². The predicted molar refractivity (Wildman–Crippen MR) is 46.4 cm³/mol. The number of allylic oxidation sites excluding steroid dienone is 2. The van der Waals surface area contributed by atoms with Crippen LogP contribution in [0.25, 0.3) is 0 Å². The van der Waals surface area contributed by atoms with Crippen LogP contribution in [-0.4, -0.2) is 31.2 Å². The van der Waals surface area contributed by atoms with Crippen molar-refractivity contribution in [2.75, 3.05) is 26.3 Å². The summed E-state index contributed by atoms with van der Waals surface area (Å²) >= 11 is 0. The Morgan fingerprint density at radius 3 is 2.55 bits per heavy atom. The minimum Gasteiger partial charge on any atom is -0.378 e. The molecule has 11 heavy (non-hydrogen) atoms. The molecule has 2 heteroatoms. The topological polar surface area (TPSA) is 12.5 Å². The van der Waals surface area contributed by atoms with Gasteiger partial charge in [-0.1, -0.05) is 13.0 Å². The van der Waals surface area contributed by atoms with Crippen molar-refractivity contribution in [2.24, 2.45) is 0 Å². The highest BCUT2D eigenvalue weighted by atomic mass is 16.5. The van der Waals surface area contributed by atoms with Gasteiger partial charge in [-0.25, -0.2) is 0 Å². The van der Waals surface area contributed by atoms with Gasteiger partial charge in [0.05, 0.1) is 13.2 Å². The van der Waals surface area contributed by atoms with Crippen LogP contribution in [-0.2, 0) is 4.74 Å². The number of hydrogen-bond donors (Lipinski definition) is 0. The van der Waals surface area contributed by atoms with Crippen LogP contribution in [0.2, 0.25) is 0 Å². The molecule has 1 saturated heterocycles. The third-order valence-corrected chi connectivity index (χ3v) is 2.11. The van der Waals surface area contributed by atoms with Gasteiger partial charge in [0.2, 0.25) is 0 Å². The molecule has 2 nitrogen and oxygen atoms in total. The number of nitrogens with zero attached hydrogens (tertiary/aromatic N) is 1. The second-order valence-electron chi connectivity index (χ2n) is 2.73. The van der Waals surface area contributed by atoms with Crippen LogP contribution in [0.15, 0.2) is 11.8 Å². The summed E-state index contributed by atoms with van der Waals surface area (Å²) in [5.74, 6) is 0. The molecule has 0 aromatic heterocycles. The molecule has 0 bridgehead atoms. The fraction of sp³-hybridized carbons (Fsp3) is 0.778. The van der Waals surface area contributed by atoms with Crippen molar-refractivity contribution in [2.45, 2.75) is 20.3 Å². The summed E-state index contributed by atoms with van der Waals surface area (Å²) in [5.41, 5.74) is 1.45. The molecule has 1 aliphatic rings. The van der Waals surface area contributed by atoms with E-state index in [1.54, 1.807) is 0 Å². The zero-order chi connectivity index (χ0) is 8.10. The van der Waals surface area contributed by atoms with E-state index < -0.39 is 0 Å². The molecule has 1 heterocycles. The molecule has 0 atom stereocenters. The van der Waals surface area contributed by atoms with Crippen molar-refractivity contribution < 1.29 is 4.74 Å². The molecular weight excluding hydrogens is 138 g/mol.